The van der Waals surface area contributed by atoms with Gasteiger partial charge in [0.05, 0.1) is 0 Å². The van der Waals surface area contributed by atoms with Crippen molar-refractivity contribution in [3.8, 4) is 5.75 Å². The predicted molar refractivity (Wildman–Crippen MR) is 65.9 cm³/mol. The van der Waals surface area contributed by atoms with Crippen LogP contribution in [-0.4, -0.2) is 17.1 Å². The Bertz CT molecular complexity index is 382. The van der Waals surface area contributed by atoms with Crippen LogP contribution in [0.15, 0.2) is 22.7 Å². The molecule has 1 rings (SSSR count). The van der Waals surface area contributed by atoms with Crippen LogP contribution in [0.1, 0.15) is 18.9 Å². The van der Waals surface area contributed by atoms with E-state index in [9.17, 15) is 9.90 Å². The lowest BCUT2D eigenvalue weighted by Gasteiger charge is -2.12. The van der Waals surface area contributed by atoms with Crippen LogP contribution in [0.5, 0.6) is 5.75 Å². The second-order valence-corrected chi connectivity index (χ2v) is 4.64. The largest absolute Gasteiger partial charge is 0.508 e. The number of benzene rings is 1. The number of primary amides is 1. The summed E-state index contributed by atoms with van der Waals surface area (Å²) in [6, 6.07) is 5.22. The van der Waals surface area contributed by atoms with Crippen molar-refractivity contribution in [1.29, 1.82) is 0 Å². The maximum atomic E-state index is 10.7. The fraction of sp³-hybridized carbons (Fsp3) is 0.364. The zero-order valence-corrected chi connectivity index (χ0v) is 10.6. The number of amides is 1. The fourth-order valence-corrected chi connectivity index (χ4v) is 1.76. The molecule has 0 heterocycles. The van der Waals surface area contributed by atoms with Crippen LogP contribution in [0, 0.1) is 0 Å². The van der Waals surface area contributed by atoms with E-state index >= 15 is 0 Å². The van der Waals surface area contributed by atoms with E-state index in [0.717, 1.165) is 10.0 Å². The molecule has 1 aromatic rings. The Hall–Kier alpha value is -1.07. The van der Waals surface area contributed by atoms with Crippen LogP contribution in [0.25, 0.3) is 0 Å². The van der Waals surface area contributed by atoms with E-state index in [1.807, 2.05) is 13.0 Å². The zero-order valence-electron chi connectivity index (χ0n) is 9.03. The van der Waals surface area contributed by atoms with Gasteiger partial charge in [0.25, 0.3) is 0 Å². The molecule has 0 saturated heterocycles. The molecule has 0 aliphatic rings. The highest BCUT2D eigenvalue weighted by atomic mass is 79.9. The number of halogens is 1. The van der Waals surface area contributed by atoms with Crippen molar-refractivity contribution in [2.75, 3.05) is 0 Å². The standard InChI is InChI=1S/C11H15BrN2O2/c1-7(4-11(13)16)14-6-8-5-9(12)2-3-10(8)15/h2-3,5,7,14-15H,4,6H2,1H3,(H2,13,16). The molecule has 1 amide bonds. The lowest BCUT2D eigenvalue weighted by molar-refractivity contribution is -0.118. The van der Waals surface area contributed by atoms with Crippen molar-refractivity contribution >= 4 is 21.8 Å². The molecule has 16 heavy (non-hydrogen) atoms. The van der Waals surface area contributed by atoms with Gasteiger partial charge in [0.15, 0.2) is 0 Å². The Morgan fingerprint density at radius 1 is 1.62 bits per heavy atom. The van der Waals surface area contributed by atoms with E-state index in [4.69, 9.17) is 5.73 Å². The van der Waals surface area contributed by atoms with E-state index in [1.165, 1.54) is 0 Å². The van der Waals surface area contributed by atoms with E-state index < -0.39 is 0 Å². The Labute approximate surface area is 103 Å². The number of nitrogens with two attached hydrogens (primary N) is 1. The Morgan fingerprint density at radius 3 is 2.94 bits per heavy atom. The van der Waals surface area contributed by atoms with E-state index in [1.54, 1.807) is 12.1 Å². The van der Waals surface area contributed by atoms with Gasteiger partial charge >= 0.3 is 0 Å². The van der Waals surface area contributed by atoms with Gasteiger partial charge in [-0.05, 0) is 25.1 Å². The van der Waals surface area contributed by atoms with Gasteiger partial charge in [-0.1, -0.05) is 15.9 Å². The normalized spacial score (nSPS) is 12.4. The summed E-state index contributed by atoms with van der Waals surface area (Å²) in [6.07, 6.45) is 0.286. The molecular weight excluding hydrogens is 272 g/mol. The van der Waals surface area contributed by atoms with Crippen molar-refractivity contribution < 1.29 is 9.90 Å². The monoisotopic (exact) mass is 286 g/mol. The number of phenols is 1. The second kappa shape index (κ2) is 5.86. The van der Waals surface area contributed by atoms with E-state index in [-0.39, 0.29) is 24.1 Å². The molecule has 4 N–H and O–H groups in total. The lowest BCUT2D eigenvalue weighted by Crippen LogP contribution is -2.30. The van der Waals surface area contributed by atoms with Crippen LogP contribution in [0.3, 0.4) is 0 Å². The Morgan fingerprint density at radius 2 is 2.31 bits per heavy atom. The first-order valence-electron chi connectivity index (χ1n) is 4.98. The molecule has 0 saturated carbocycles. The van der Waals surface area contributed by atoms with Crippen molar-refractivity contribution in [1.82, 2.24) is 5.32 Å². The zero-order chi connectivity index (χ0) is 12.1. The number of hydrogen-bond donors (Lipinski definition) is 3. The molecule has 1 unspecified atom stereocenters. The van der Waals surface area contributed by atoms with Crippen LogP contribution in [-0.2, 0) is 11.3 Å². The number of carbonyl (C=O) groups is 1. The summed E-state index contributed by atoms with van der Waals surface area (Å²) in [5, 5.41) is 12.7. The first kappa shape index (κ1) is 13.0. The van der Waals surface area contributed by atoms with Crippen molar-refractivity contribution in [3.63, 3.8) is 0 Å². The molecule has 1 atom stereocenters. The number of phenolic OH excluding ortho intramolecular Hbond substituents is 1. The van der Waals surface area contributed by atoms with Crippen LogP contribution in [0.2, 0.25) is 0 Å². The molecule has 0 fully saturated rings. The van der Waals surface area contributed by atoms with Gasteiger partial charge < -0.3 is 16.2 Å². The predicted octanol–water partition coefficient (Wildman–Crippen LogP) is 1.51. The molecular formula is C11H15BrN2O2. The SMILES string of the molecule is CC(CC(N)=O)NCc1cc(Br)ccc1O. The summed E-state index contributed by atoms with van der Waals surface area (Å²) < 4.78 is 0.907. The minimum Gasteiger partial charge on any atom is -0.508 e. The number of carbonyl (C=O) groups excluding carboxylic acids is 1. The number of hydrogen-bond acceptors (Lipinski definition) is 3. The fourth-order valence-electron chi connectivity index (χ4n) is 1.35. The van der Waals surface area contributed by atoms with Crippen molar-refractivity contribution in [3.05, 3.63) is 28.2 Å². The van der Waals surface area contributed by atoms with Crippen molar-refractivity contribution in [2.24, 2.45) is 5.73 Å². The average Bonchev–Trinajstić information content (AvgIpc) is 2.18. The summed E-state index contributed by atoms with van der Waals surface area (Å²) in [5.74, 6) is -0.0968. The van der Waals surface area contributed by atoms with Gasteiger partial charge in [0.1, 0.15) is 5.75 Å². The molecule has 0 radical (unpaired) electrons. The van der Waals surface area contributed by atoms with E-state index in [0.29, 0.717) is 6.54 Å². The van der Waals surface area contributed by atoms with Gasteiger partial charge in [-0.2, -0.15) is 0 Å². The van der Waals surface area contributed by atoms with Gasteiger partial charge in [0.2, 0.25) is 5.91 Å². The maximum Gasteiger partial charge on any atom is 0.218 e. The van der Waals surface area contributed by atoms with E-state index in [2.05, 4.69) is 21.2 Å². The minimum absolute atomic E-state index is 0.00381. The highest BCUT2D eigenvalue weighted by molar-refractivity contribution is 9.10. The molecule has 0 aliphatic carbocycles. The molecule has 4 nitrogen and oxygen atoms in total. The molecule has 1 aromatic carbocycles. The Balaban J connectivity index is 2.54. The summed E-state index contributed by atoms with van der Waals surface area (Å²) in [5.41, 5.74) is 5.86. The first-order valence-corrected chi connectivity index (χ1v) is 5.77. The average molecular weight is 287 g/mol. The van der Waals surface area contributed by atoms with Crippen molar-refractivity contribution in [2.45, 2.75) is 25.9 Å². The molecule has 5 heteroatoms. The topological polar surface area (TPSA) is 75.4 Å². The smallest absolute Gasteiger partial charge is 0.218 e. The molecule has 0 bridgehead atoms. The maximum absolute atomic E-state index is 10.7. The molecule has 0 spiro atoms. The molecule has 0 aromatic heterocycles. The quantitative estimate of drug-likeness (QED) is 0.768. The minimum atomic E-state index is -0.335. The summed E-state index contributed by atoms with van der Waals surface area (Å²) in [6.45, 7) is 2.37. The number of aromatic hydroxyl groups is 1. The van der Waals surface area contributed by atoms with Gasteiger partial charge in [-0.15, -0.1) is 0 Å². The van der Waals surface area contributed by atoms with Gasteiger partial charge in [-0.25, -0.2) is 0 Å². The van der Waals surface area contributed by atoms with Gasteiger partial charge in [0, 0.05) is 29.0 Å². The highest BCUT2D eigenvalue weighted by Gasteiger charge is 2.07. The second-order valence-electron chi connectivity index (χ2n) is 3.73. The lowest BCUT2D eigenvalue weighted by atomic mass is 10.1. The van der Waals surface area contributed by atoms with Crippen LogP contribution >= 0.6 is 15.9 Å². The summed E-state index contributed by atoms with van der Waals surface area (Å²) >= 11 is 3.33. The third kappa shape index (κ3) is 4.20. The van der Waals surface area contributed by atoms with Gasteiger partial charge in [-0.3, -0.25) is 4.79 Å². The molecule has 88 valence electrons. The summed E-state index contributed by atoms with van der Waals surface area (Å²) in [7, 11) is 0. The summed E-state index contributed by atoms with van der Waals surface area (Å²) in [4.78, 5) is 10.7. The van der Waals surface area contributed by atoms with Crippen LogP contribution < -0.4 is 11.1 Å². The number of nitrogens with one attached hydrogen (secondary N) is 1. The van der Waals surface area contributed by atoms with Crippen LogP contribution in [0.4, 0.5) is 0 Å². The number of rotatable bonds is 5. The third-order valence-corrected chi connectivity index (χ3v) is 2.68. The Kier molecular flexibility index (Phi) is 4.76. The first-order chi connectivity index (χ1) is 7.49. The third-order valence-electron chi connectivity index (χ3n) is 2.19. The highest BCUT2D eigenvalue weighted by Crippen LogP contribution is 2.21. The molecule has 0 aliphatic heterocycles.